The Morgan fingerprint density at radius 1 is 1.08 bits per heavy atom. The van der Waals surface area contributed by atoms with Gasteiger partial charge in [0.15, 0.2) is 11.6 Å². The van der Waals surface area contributed by atoms with E-state index in [1.54, 1.807) is 55.7 Å². The first-order chi connectivity index (χ1) is 12.7. The number of benzene rings is 1. The molecule has 1 aromatic carbocycles. The number of rotatable bonds is 6. The first-order valence-corrected chi connectivity index (χ1v) is 7.99. The fourth-order valence-corrected chi connectivity index (χ4v) is 2.24. The fourth-order valence-electron chi connectivity index (χ4n) is 2.24. The molecule has 0 amide bonds. The van der Waals surface area contributed by atoms with E-state index in [9.17, 15) is 4.79 Å². The van der Waals surface area contributed by atoms with Crippen LogP contribution in [0.2, 0.25) is 0 Å². The molecule has 0 spiro atoms. The Hall–Kier alpha value is -3.68. The molecule has 4 N–H and O–H groups in total. The lowest BCUT2D eigenvalue weighted by Crippen LogP contribution is -2.07. The highest BCUT2D eigenvalue weighted by Gasteiger charge is 2.11. The lowest BCUT2D eigenvalue weighted by molar-refractivity contribution is 0.0526. The summed E-state index contributed by atoms with van der Waals surface area (Å²) >= 11 is 0. The van der Waals surface area contributed by atoms with Crippen LogP contribution in [-0.2, 0) is 4.74 Å². The van der Waals surface area contributed by atoms with Crippen LogP contribution >= 0.6 is 0 Å². The van der Waals surface area contributed by atoms with Crippen molar-refractivity contribution in [1.29, 1.82) is 0 Å². The van der Waals surface area contributed by atoms with Gasteiger partial charge in [0.25, 0.3) is 0 Å². The lowest BCUT2D eigenvalue weighted by atomic mass is 10.2. The highest BCUT2D eigenvalue weighted by atomic mass is 16.5. The Kier molecular flexibility index (Phi) is 5.23. The zero-order chi connectivity index (χ0) is 18.4. The standard InChI is InChI=1S/C18H18N6O2/c1-2-26-18(25)12-4-3-5-14(10-12)24-17-15(19)16(21-11-22-17)23-13-6-8-20-9-7-13/h3-11H,2,19H2,1H3,(H2,20,21,22,23,24). The van der Waals surface area contributed by atoms with Crippen molar-refractivity contribution >= 4 is 34.7 Å². The number of nitrogens with zero attached hydrogens (tertiary/aromatic N) is 3. The summed E-state index contributed by atoms with van der Waals surface area (Å²) in [6.07, 6.45) is 4.73. The van der Waals surface area contributed by atoms with Crippen LogP contribution in [0.1, 0.15) is 17.3 Å². The molecule has 132 valence electrons. The van der Waals surface area contributed by atoms with Crippen molar-refractivity contribution in [2.75, 3.05) is 23.0 Å². The van der Waals surface area contributed by atoms with Crippen molar-refractivity contribution in [3.63, 3.8) is 0 Å². The molecule has 0 aliphatic carbocycles. The SMILES string of the molecule is CCOC(=O)c1cccc(Nc2ncnc(Nc3ccncc3)c2N)c1. The van der Waals surface area contributed by atoms with E-state index in [-0.39, 0.29) is 5.97 Å². The van der Waals surface area contributed by atoms with E-state index in [2.05, 4.69) is 25.6 Å². The van der Waals surface area contributed by atoms with E-state index >= 15 is 0 Å². The molecule has 2 aromatic heterocycles. The summed E-state index contributed by atoms with van der Waals surface area (Å²) in [6, 6.07) is 10.5. The number of carbonyl (C=O) groups excluding carboxylic acids is 1. The number of ether oxygens (including phenoxy) is 1. The first kappa shape index (κ1) is 17.2. The predicted molar refractivity (Wildman–Crippen MR) is 99.6 cm³/mol. The third-order valence-corrected chi connectivity index (χ3v) is 3.46. The van der Waals surface area contributed by atoms with Gasteiger partial charge in [-0.2, -0.15) is 0 Å². The van der Waals surface area contributed by atoms with E-state index in [0.717, 1.165) is 5.69 Å². The summed E-state index contributed by atoms with van der Waals surface area (Å²) in [5.74, 6) is 0.514. The zero-order valence-electron chi connectivity index (χ0n) is 14.1. The summed E-state index contributed by atoms with van der Waals surface area (Å²) in [4.78, 5) is 24.2. The van der Waals surface area contributed by atoms with Crippen molar-refractivity contribution in [2.45, 2.75) is 6.92 Å². The number of hydrogen-bond acceptors (Lipinski definition) is 8. The van der Waals surface area contributed by atoms with E-state index in [4.69, 9.17) is 10.5 Å². The van der Waals surface area contributed by atoms with Crippen LogP contribution in [0.15, 0.2) is 55.1 Å². The van der Waals surface area contributed by atoms with Crippen LogP contribution in [0, 0.1) is 0 Å². The van der Waals surface area contributed by atoms with Gasteiger partial charge >= 0.3 is 5.97 Å². The number of carbonyl (C=O) groups is 1. The van der Waals surface area contributed by atoms with Gasteiger partial charge in [-0.1, -0.05) is 6.07 Å². The van der Waals surface area contributed by atoms with Gasteiger partial charge in [-0.05, 0) is 37.3 Å². The van der Waals surface area contributed by atoms with Crippen LogP contribution in [0.4, 0.5) is 28.7 Å². The van der Waals surface area contributed by atoms with Gasteiger partial charge in [-0.25, -0.2) is 14.8 Å². The maximum Gasteiger partial charge on any atom is 0.338 e. The number of pyridine rings is 1. The Morgan fingerprint density at radius 3 is 2.46 bits per heavy atom. The lowest BCUT2D eigenvalue weighted by Gasteiger charge is -2.13. The molecule has 0 aliphatic rings. The van der Waals surface area contributed by atoms with Crippen LogP contribution in [-0.4, -0.2) is 27.5 Å². The largest absolute Gasteiger partial charge is 0.462 e. The molecule has 8 nitrogen and oxygen atoms in total. The molecule has 0 atom stereocenters. The number of nitrogen functional groups attached to an aromatic ring is 1. The molecule has 0 aliphatic heterocycles. The molecular formula is C18H18N6O2. The average molecular weight is 350 g/mol. The quantitative estimate of drug-likeness (QED) is 0.581. The summed E-state index contributed by atoms with van der Waals surface area (Å²) in [6.45, 7) is 2.08. The summed E-state index contributed by atoms with van der Waals surface area (Å²) in [7, 11) is 0. The van der Waals surface area contributed by atoms with Gasteiger partial charge in [0.1, 0.15) is 12.0 Å². The normalized spacial score (nSPS) is 10.2. The van der Waals surface area contributed by atoms with E-state index < -0.39 is 0 Å². The number of aromatic nitrogens is 3. The maximum atomic E-state index is 11.9. The monoisotopic (exact) mass is 350 g/mol. The number of esters is 1. The van der Waals surface area contributed by atoms with Gasteiger partial charge in [0.2, 0.25) is 0 Å². The molecule has 26 heavy (non-hydrogen) atoms. The van der Waals surface area contributed by atoms with Gasteiger partial charge < -0.3 is 21.1 Å². The van der Waals surface area contributed by atoms with E-state index in [1.807, 2.05) is 0 Å². The third kappa shape index (κ3) is 4.04. The van der Waals surface area contributed by atoms with Crippen molar-refractivity contribution in [1.82, 2.24) is 15.0 Å². The zero-order valence-corrected chi connectivity index (χ0v) is 14.1. The molecule has 3 rings (SSSR count). The van der Waals surface area contributed by atoms with Crippen molar-refractivity contribution < 1.29 is 9.53 Å². The summed E-state index contributed by atoms with van der Waals surface area (Å²) in [5, 5.41) is 6.21. The minimum Gasteiger partial charge on any atom is -0.462 e. The maximum absolute atomic E-state index is 11.9. The van der Waals surface area contributed by atoms with E-state index in [1.165, 1.54) is 6.33 Å². The molecular weight excluding hydrogens is 332 g/mol. The Balaban J connectivity index is 1.81. The summed E-state index contributed by atoms with van der Waals surface area (Å²) in [5.41, 5.74) is 8.43. The number of anilines is 5. The van der Waals surface area contributed by atoms with Crippen molar-refractivity contribution in [2.24, 2.45) is 0 Å². The second-order valence-electron chi connectivity index (χ2n) is 5.27. The first-order valence-electron chi connectivity index (χ1n) is 7.99. The molecule has 3 aromatic rings. The number of nitrogens with two attached hydrogens (primary N) is 1. The molecule has 0 saturated carbocycles. The Labute approximate surface area is 150 Å². The minimum absolute atomic E-state index is 0.319. The highest BCUT2D eigenvalue weighted by molar-refractivity contribution is 5.91. The van der Waals surface area contributed by atoms with Crippen LogP contribution < -0.4 is 16.4 Å². The second-order valence-corrected chi connectivity index (χ2v) is 5.27. The van der Waals surface area contributed by atoms with E-state index in [0.29, 0.717) is 35.2 Å². The van der Waals surface area contributed by atoms with Crippen molar-refractivity contribution in [3.05, 3.63) is 60.7 Å². The fraction of sp³-hybridized carbons (Fsp3) is 0.111. The van der Waals surface area contributed by atoms with Gasteiger partial charge in [-0.3, -0.25) is 4.98 Å². The Morgan fingerprint density at radius 2 is 1.77 bits per heavy atom. The number of nitrogens with one attached hydrogen (secondary N) is 2. The molecule has 0 saturated heterocycles. The van der Waals surface area contributed by atoms with Gasteiger partial charge in [0.05, 0.1) is 12.2 Å². The Bertz CT molecular complexity index is 901. The highest BCUT2D eigenvalue weighted by Crippen LogP contribution is 2.28. The van der Waals surface area contributed by atoms with Gasteiger partial charge in [0, 0.05) is 23.8 Å². The smallest absolute Gasteiger partial charge is 0.338 e. The second kappa shape index (κ2) is 7.93. The predicted octanol–water partition coefficient (Wildman–Crippen LogP) is 3.12. The molecule has 8 heteroatoms. The average Bonchev–Trinajstić information content (AvgIpc) is 2.66. The van der Waals surface area contributed by atoms with Crippen LogP contribution in [0.5, 0.6) is 0 Å². The van der Waals surface area contributed by atoms with Crippen LogP contribution in [0.3, 0.4) is 0 Å². The molecule has 0 fully saturated rings. The van der Waals surface area contributed by atoms with Crippen molar-refractivity contribution in [3.8, 4) is 0 Å². The molecule has 0 bridgehead atoms. The summed E-state index contributed by atoms with van der Waals surface area (Å²) < 4.78 is 5.01. The molecule has 0 unspecified atom stereocenters. The van der Waals surface area contributed by atoms with Crippen LogP contribution in [0.25, 0.3) is 0 Å². The van der Waals surface area contributed by atoms with Gasteiger partial charge in [-0.15, -0.1) is 0 Å². The number of hydrogen-bond donors (Lipinski definition) is 3. The molecule has 0 radical (unpaired) electrons. The molecule has 2 heterocycles. The third-order valence-electron chi connectivity index (χ3n) is 3.46. The topological polar surface area (TPSA) is 115 Å². The minimum atomic E-state index is -0.383.